The molecule has 1 fully saturated rings. The topological polar surface area (TPSA) is 72.2 Å². The molecular weight excluding hydrogens is 212 g/mol. The van der Waals surface area contributed by atoms with Gasteiger partial charge < -0.3 is 5.73 Å². The summed E-state index contributed by atoms with van der Waals surface area (Å²) in [5.41, 5.74) is 5.51. The van der Waals surface area contributed by atoms with Gasteiger partial charge in [-0.3, -0.25) is 0 Å². The van der Waals surface area contributed by atoms with Crippen LogP contribution < -0.4 is 10.5 Å². The van der Waals surface area contributed by atoms with Crippen molar-refractivity contribution >= 4 is 22.4 Å². The third-order valence-corrected chi connectivity index (χ3v) is 3.06. The van der Waals surface area contributed by atoms with Crippen LogP contribution in [0.15, 0.2) is 0 Å². The van der Waals surface area contributed by atoms with Gasteiger partial charge in [0.05, 0.1) is 6.26 Å². The predicted octanol–water partition coefficient (Wildman–Crippen LogP) is 0.0848. The van der Waals surface area contributed by atoms with Crippen molar-refractivity contribution < 1.29 is 8.42 Å². The number of nitrogens with two attached hydrogens (primary N) is 1. The van der Waals surface area contributed by atoms with Crippen molar-refractivity contribution in [3.05, 3.63) is 0 Å². The van der Waals surface area contributed by atoms with E-state index in [-0.39, 0.29) is 18.4 Å². The van der Waals surface area contributed by atoms with E-state index in [1.54, 1.807) is 0 Å². The maximum absolute atomic E-state index is 10.9. The van der Waals surface area contributed by atoms with Crippen molar-refractivity contribution in [2.45, 2.75) is 25.3 Å². The second-order valence-electron chi connectivity index (χ2n) is 3.42. The highest BCUT2D eigenvalue weighted by Crippen LogP contribution is 2.24. The van der Waals surface area contributed by atoms with Crippen molar-refractivity contribution in [3.8, 4) is 0 Å². The lowest BCUT2D eigenvalue weighted by molar-refractivity contribution is 0.454. The molecule has 0 aromatic heterocycles. The van der Waals surface area contributed by atoms with E-state index in [1.807, 2.05) is 0 Å². The van der Waals surface area contributed by atoms with Gasteiger partial charge in [0.25, 0.3) is 0 Å². The molecule has 80 valence electrons. The number of nitrogens with one attached hydrogen (secondary N) is 1. The van der Waals surface area contributed by atoms with Crippen LogP contribution in [0.25, 0.3) is 0 Å². The Bertz CT molecular complexity index is 243. The average Bonchev–Trinajstić information content (AvgIpc) is 2.31. The molecule has 0 aromatic rings. The van der Waals surface area contributed by atoms with Crippen LogP contribution in [0.1, 0.15) is 19.3 Å². The van der Waals surface area contributed by atoms with Crippen LogP contribution >= 0.6 is 12.4 Å². The minimum Gasteiger partial charge on any atom is -0.330 e. The van der Waals surface area contributed by atoms with E-state index in [0.717, 1.165) is 19.3 Å². The summed E-state index contributed by atoms with van der Waals surface area (Å²) in [5, 5.41) is 0. The lowest BCUT2D eigenvalue weighted by Crippen LogP contribution is -2.39. The van der Waals surface area contributed by atoms with Crippen molar-refractivity contribution in [1.29, 1.82) is 0 Å². The first-order valence-electron chi connectivity index (χ1n) is 4.20. The van der Waals surface area contributed by atoms with Gasteiger partial charge in [0, 0.05) is 6.04 Å². The smallest absolute Gasteiger partial charge is 0.208 e. The van der Waals surface area contributed by atoms with Crippen molar-refractivity contribution in [1.82, 2.24) is 4.72 Å². The summed E-state index contributed by atoms with van der Waals surface area (Å²) < 4.78 is 24.4. The van der Waals surface area contributed by atoms with E-state index in [0.29, 0.717) is 12.5 Å². The van der Waals surface area contributed by atoms with Crippen LogP contribution in [0.3, 0.4) is 0 Å². The standard InChI is InChI=1S/C7H16N2O2S.ClH/c1-12(10,11)9-7-4-2-3-6(7)5-8;/h6-7,9H,2-5,8H2,1H3;1H. The van der Waals surface area contributed by atoms with E-state index in [9.17, 15) is 8.42 Å². The predicted molar refractivity (Wildman–Crippen MR) is 55.4 cm³/mol. The molecule has 0 heterocycles. The minimum atomic E-state index is -3.06. The van der Waals surface area contributed by atoms with Crippen LogP contribution in [-0.4, -0.2) is 27.3 Å². The van der Waals surface area contributed by atoms with Gasteiger partial charge in [-0.15, -0.1) is 12.4 Å². The fourth-order valence-electron chi connectivity index (χ4n) is 1.75. The summed E-state index contributed by atoms with van der Waals surface area (Å²) in [4.78, 5) is 0. The highest BCUT2D eigenvalue weighted by Gasteiger charge is 2.27. The van der Waals surface area contributed by atoms with Gasteiger partial charge in [-0.2, -0.15) is 0 Å². The molecule has 13 heavy (non-hydrogen) atoms. The summed E-state index contributed by atoms with van der Waals surface area (Å²) >= 11 is 0. The summed E-state index contributed by atoms with van der Waals surface area (Å²) in [6, 6.07) is 0.0741. The highest BCUT2D eigenvalue weighted by atomic mass is 35.5. The van der Waals surface area contributed by atoms with Gasteiger partial charge in [0.15, 0.2) is 0 Å². The van der Waals surface area contributed by atoms with Gasteiger partial charge in [-0.25, -0.2) is 13.1 Å². The van der Waals surface area contributed by atoms with E-state index < -0.39 is 10.0 Å². The quantitative estimate of drug-likeness (QED) is 0.719. The largest absolute Gasteiger partial charge is 0.330 e. The minimum absolute atomic E-state index is 0. The van der Waals surface area contributed by atoms with E-state index >= 15 is 0 Å². The maximum Gasteiger partial charge on any atom is 0.208 e. The van der Waals surface area contributed by atoms with E-state index in [4.69, 9.17) is 5.73 Å². The monoisotopic (exact) mass is 228 g/mol. The first-order valence-corrected chi connectivity index (χ1v) is 6.09. The van der Waals surface area contributed by atoms with Crippen molar-refractivity contribution in [2.75, 3.05) is 12.8 Å². The fourth-order valence-corrected chi connectivity index (χ4v) is 2.61. The molecule has 0 amide bonds. The molecule has 2 unspecified atom stereocenters. The molecule has 1 aliphatic carbocycles. The molecule has 0 aromatic carbocycles. The Morgan fingerprint density at radius 2 is 2.08 bits per heavy atom. The third kappa shape index (κ3) is 4.26. The number of hydrogen-bond acceptors (Lipinski definition) is 3. The first-order chi connectivity index (χ1) is 5.53. The lowest BCUT2D eigenvalue weighted by atomic mass is 10.1. The molecule has 6 heteroatoms. The molecule has 0 bridgehead atoms. The molecule has 0 radical (unpaired) electrons. The van der Waals surface area contributed by atoms with Gasteiger partial charge in [0.2, 0.25) is 10.0 Å². The Kier molecular flexibility index (Phi) is 5.21. The Labute approximate surface area is 85.7 Å². The van der Waals surface area contributed by atoms with Gasteiger partial charge in [-0.1, -0.05) is 6.42 Å². The normalized spacial score (nSPS) is 28.5. The molecule has 1 saturated carbocycles. The number of sulfonamides is 1. The summed E-state index contributed by atoms with van der Waals surface area (Å²) in [6.07, 6.45) is 4.24. The molecule has 1 rings (SSSR count). The molecule has 0 spiro atoms. The highest BCUT2D eigenvalue weighted by molar-refractivity contribution is 7.88. The van der Waals surface area contributed by atoms with Crippen LogP contribution in [0, 0.1) is 5.92 Å². The number of rotatable bonds is 3. The summed E-state index contributed by atoms with van der Waals surface area (Å²) in [5.74, 6) is 0.333. The average molecular weight is 229 g/mol. The zero-order valence-corrected chi connectivity index (χ0v) is 9.33. The molecule has 0 aliphatic heterocycles. The molecule has 3 N–H and O–H groups in total. The van der Waals surface area contributed by atoms with Gasteiger partial charge >= 0.3 is 0 Å². The van der Waals surface area contributed by atoms with Crippen LogP contribution in [0.2, 0.25) is 0 Å². The van der Waals surface area contributed by atoms with Crippen molar-refractivity contribution in [2.24, 2.45) is 11.7 Å². The number of halogens is 1. The molecule has 2 atom stereocenters. The number of hydrogen-bond donors (Lipinski definition) is 2. The first kappa shape index (κ1) is 13.2. The Morgan fingerprint density at radius 3 is 2.54 bits per heavy atom. The van der Waals surface area contributed by atoms with Crippen LogP contribution in [0.5, 0.6) is 0 Å². The molecule has 1 aliphatic rings. The lowest BCUT2D eigenvalue weighted by Gasteiger charge is -2.17. The zero-order chi connectivity index (χ0) is 9.19. The second-order valence-corrected chi connectivity index (χ2v) is 5.20. The van der Waals surface area contributed by atoms with E-state index in [1.165, 1.54) is 6.26 Å². The molecular formula is C7H17ClN2O2S. The fraction of sp³-hybridized carbons (Fsp3) is 1.00. The van der Waals surface area contributed by atoms with Crippen LogP contribution in [0.4, 0.5) is 0 Å². The molecule has 4 nitrogen and oxygen atoms in total. The SMILES string of the molecule is CS(=O)(=O)NC1CCCC1CN.Cl. The van der Waals surface area contributed by atoms with Crippen LogP contribution in [-0.2, 0) is 10.0 Å². The van der Waals surface area contributed by atoms with Gasteiger partial charge in [-0.05, 0) is 25.3 Å². The Morgan fingerprint density at radius 1 is 1.46 bits per heavy atom. The summed E-state index contributed by atoms with van der Waals surface area (Å²) in [6.45, 7) is 0.577. The van der Waals surface area contributed by atoms with Crippen molar-refractivity contribution in [3.63, 3.8) is 0 Å². The van der Waals surface area contributed by atoms with E-state index in [2.05, 4.69) is 4.72 Å². The third-order valence-electron chi connectivity index (χ3n) is 2.33. The second kappa shape index (κ2) is 5.14. The summed E-state index contributed by atoms with van der Waals surface area (Å²) in [7, 11) is -3.06. The maximum atomic E-state index is 10.9. The zero-order valence-electron chi connectivity index (χ0n) is 7.69. The Hall–Kier alpha value is 0.160. The Balaban J connectivity index is 0.00000144. The molecule has 0 saturated heterocycles. The van der Waals surface area contributed by atoms with Gasteiger partial charge in [0.1, 0.15) is 0 Å².